The predicted octanol–water partition coefficient (Wildman–Crippen LogP) is 5.73. The van der Waals surface area contributed by atoms with E-state index in [4.69, 9.17) is 33.7 Å². The highest BCUT2D eigenvalue weighted by Gasteiger charge is 2.48. The van der Waals surface area contributed by atoms with Crippen LogP contribution in [0.4, 0.5) is 0 Å². The molecule has 0 radical (unpaired) electrons. The quantitative estimate of drug-likeness (QED) is 0.214. The minimum Gasteiger partial charge on any atom is -0.374 e. The second-order valence-corrected chi connectivity index (χ2v) is 12.0. The van der Waals surface area contributed by atoms with Crippen molar-refractivity contribution in [2.45, 2.75) is 64.1 Å². The summed E-state index contributed by atoms with van der Waals surface area (Å²) in [5.41, 5.74) is 9.90. The van der Waals surface area contributed by atoms with Gasteiger partial charge in [0.15, 0.2) is 0 Å². The molecule has 0 amide bonds. The fourth-order valence-corrected chi connectivity index (χ4v) is 6.74. The number of benzene rings is 3. The molecular formula is C32H42NO7P. The molecule has 0 bridgehead atoms. The van der Waals surface area contributed by atoms with Crippen molar-refractivity contribution in [1.82, 2.24) is 0 Å². The number of nitrogens with two attached hydrogens (primary N) is 1. The van der Waals surface area contributed by atoms with Crippen LogP contribution >= 0.6 is 7.60 Å². The average molecular weight is 584 g/mol. The molecule has 1 heterocycles. The molecule has 3 aromatic carbocycles. The summed E-state index contributed by atoms with van der Waals surface area (Å²) >= 11 is 0. The number of hydrogen-bond donors (Lipinski definition) is 1. The van der Waals surface area contributed by atoms with E-state index in [2.05, 4.69) is 0 Å². The maximum absolute atomic E-state index is 13.5. The van der Waals surface area contributed by atoms with Gasteiger partial charge in [-0.1, -0.05) is 91.0 Å². The third-order valence-electron chi connectivity index (χ3n) is 6.87. The maximum atomic E-state index is 13.5. The molecule has 222 valence electrons. The first-order valence-corrected chi connectivity index (χ1v) is 16.0. The molecule has 1 fully saturated rings. The highest BCUT2D eigenvalue weighted by atomic mass is 31.2. The first kappa shape index (κ1) is 31.5. The zero-order chi connectivity index (χ0) is 28.9. The van der Waals surface area contributed by atoms with Crippen molar-refractivity contribution in [2.75, 3.05) is 26.0 Å². The van der Waals surface area contributed by atoms with Gasteiger partial charge in [0, 0.05) is 0 Å². The van der Waals surface area contributed by atoms with Crippen LogP contribution in [0.1, 0.15) is 30.5 Å². The van der Waals surface area contributed by atoms with Crippen LogP contribution in [-0.4, -0.2) is 56.4 Å². The summed E-state index contributed by atoms with van der Waals surface area (Å²) in [6.07, 6.45) is -2.31. The molecule has 0 aliphatic carbocycles. The lowest BCUT2D eigenvalue weighted by molar-refractivity contribution is -0.224. The van der Waals surface area contributed by atoms with Crippen LogP contribution in [0.5, 0.6) is 0 Å². The Morgan fingerprint density at radius 3 is 1.63 bits per heavy atom. The van der Waals surface area contributed by atoms with E-state index in [0.29, 0.717) is 19.8 Å². The van der Waals surface area contributed by atoms with Gasteiger partial charge >= 0.3 is 7.60 Å². The molecule has 0 saturated carbocycles. The van der Waals surface area contributed by atoms with Crippen LogP contribution < -0.4 is 5.73 Å². The van der Waals surface area contributed by atoms with Crippen molar-refractivity contribution in [3.8, 4) is 0 Å². The number of ether oxygens (including phenoxy) is 4. The zero-order valence-electron chi connectivity index (χ0n) is 23.9. The van der Waals surface area contributed by atoms with E-state index in [1.165, 1.54) is 0 Å². The zero-order valence-corrected chi connectivity index (χ0v) is 24.8. The second-order valence-electron chi connectivity index (χ2n) is 9.94. The van der Waals surface area contributed by atoms with Gasteiger partial charge in [0.25, 0.3) is 0 Å². The molecule has 9 heteroatoms. The van der Waals surface area contributed by atoms with E-state index < -0.39 is 38.1 Å². The van der Waals surface area contributed by atoms with Crippen molar-refractivity contribution in [3.63, 3.8) is 0 Å². The molecule has 2 N–H and O–H groups in total. The van der Waals surface area contributed by atoms with Crippen LogP contribution in [0.25, 0.3) is 0 Å². The van der Waals surface area contributed by atoms with E-state index in [9.17, 15) is 4.57 Å². The Kier molecular flexibility index (Phi) is 12.5. The standard InChI is InChI=1S/C32H42NO7P/c1-3-38-41(34,39-4-2)24-29-30(33)32(37-22-27-18-12-7-13-19-27)31(36-21-26-16-10-6-11-17-26)28(40-29)23-35-20-25-14-8-5-9-15-25/h5-19,28-32H,3-4,20-24,33H2,1-2H3/t28-,29-,30+,31-,32-/m1/s1. The van der Waals surface area contributed by atoms with E-state index in [0.717, 1.165) is 16.7 Å². The topological polar surface area (TPSA) is 98.5 Å². The lowest BCUT2D eigenvalue weighted by Gasteiger charge is -2.45. The SMILES string of the molecule is CCOP(=O)(C[C@H]1O[C@H](COCc2ccccc2)[C@@H](OCc2ccccc2)[C@H](OCc2ccccc2)[C@H]1N)OCC. The largest absolute Gasteiger partial charge is 0.374 e. The minimum atomic E-state index is -3.45. The van der Waals surface area contributed by atoms with Crippen molar-refractivity contribution < 1.29 is 32.6 Å². The Balaban J connectivity index is 1.58. The fraction of sp³-hybridized carbons (Fsp3) is 0.438. The first-order chi connectivity index (χ1) is 20.0. The second kappa shape index (κ2) is 16.3. The smallest absolute Gasteiger partial charge is 0.333 e. The van der Waals surface area contributed by atoms with Crippen molar-refractivity contribution in [1.29, 1.82) is 0 Å². The molecule has 5 atom stereocenters. The lowest BCUT2D eigenvalue weighted by Crippen LogP contribution is -2.64. The molecule has 0 aromatic heterocycles. The number of rotatable bonds is 16. The van der Waals surface area contributed by atoms with Crippen LogP contribution in [0.15, 0.2) is 91.0 Å². The van der Waals surface area contributed by atoms with Gasteiger partial charge in [-0.25, -0.2) is 0 Å². The fourth-order valence-electron chi connectivity index (χ4n) is 4.90. The Morgan fingerprint density at radius 1 is 0.683 bits per heavy atom. The predicted molar refractivity (Wildman–Crippen MR) is 158 cm³/mol. The van der Waals surface area contributed by atoms with E-state index in [1.807, 2.05) is 91.0 Å². The minimum absolute atomic E-state index is 0.00162. The molecule has 1 saturated heterocycles. The maximum Gasteiger partial charge on any atom is 0.333 e. The summed E-state index contributed by atoms with van der Waals surface area (Å²) in [6.45, 7) is 5.40. The summed E-state index contributed by atoms with van der Waals surface area (Å²) in [4.78, 5) is 0. The van der Waals surface area contributed by atoms with Gasteiger partial charge in [0.1, 0.15) is 18.3 Å². The normalized spacial score (nSPS) is 23.0. The van der Waals surface area contributed by atoms with Crippen LogP contribution in [0, 0.1) is 0 Å². The average Bonchev–Trinajstić information content (AvgIpc) is 2.99. The third kappa shape index (κ3) is 9.57. The molecule has 1 aliphatic rings. The van der Waals surface area contributed by atoms with Crippen molar-refractivity contribution >= 4 is 7.60 Å². The molecule has 8 nitrogen and oxygen atoms in total. The molecule has 0 spiro atoms. The Morgan fingerprint density at radius 2 is 1.15 bits per heavy atom. The van der Waals surface area contributed by atoms with Crippen LogP contribution in [-0.2, 0) is 52.4 Å². The molecule has 1 aliphatic heterocycles. The summed E-state index contributed by atoms with van der Waals surface area (Å²) in [6, 6.07) is 29.1. The van der Waals surface area contributed by atoms with E-state index >= 15 is 0 Å². The summed E-state index contributed by atoms with van der Waals surface area (Å²) in [5, 5.41) is 0. The molecule has 41 heavy (non-hydrogen) atoms. The van der Waals surface area contributed by atoms with E-state index in [-0.39, 0.29) is 26.0 Å². The van der Waals surface area contributed by atoms with Gasteiger partial charge in [-0.2, -0.15) is 0 Å². The highest BCUT2D eigenvalue weighted by molar-refractivity contribution is 7.53. The Labute approximate surface area is 243 Å². The van der Waals surface area contributed by atoms with E-state index in [1.54, 1.807) is 13.8 Å². The Hall–Kier alpha value is -2.39. The van der Waals surface area contributed by atoms with Crippen molar-refractivity contribution in [3.05, 3.63) is 108 Å². The molecule has 3 aromatic rings. The first-order valence-electron chi connectivity index (χ1n) is 14.2. The summed E-state index contributed by atoms with van der Waals surface area (Å²) in [5.74, 6) is 0. The summed E-state index contributed by atoms with van der Waals surface area (Å²) in [7, 11) is -3.45. The third-order valence-corrected chi connectivity index (χ3v) is 8.98. The summed E-state index contributed by atoms with van der Waals surface area (Å²) < 4.78 is 50.3. The highest BCUT2D eigenvalue weighted by Crippen LogP contribution is 2.50. The van der Waals surface area contributed by atoms with Crippen LogP contribution in [0.2, 0.25) is 0 Å². The van der Waals surface area contributed by atoms with Crippen LogP contribution in [0.3, 0.4) is 0 Å². The molecular weight excluding hydrogens is 541 g/mol. The Bertz CT molecular complexity index is 1170. The monoisotopic (exact) mass is 583 g/mol. The molecule has 0 unspecified atom stereocenters. The number of hydrogen-bond acceptors (Lipinski definition) is 8. The lowest BCUT2D eigenvalue weighted by atomic mass is 9.93. The van der Waals surface area contributed by atoms with Gasteiger partial charge in [0.2, 0.25) is 0 Å². The molecule has 4 rings (SSSR count). The van der Waals surface area contributed by atoms with Gasteiger partial charge in [-0.3, -0.25) is 4.57 Å². The van der Waals surface area contributed by atoms with Gasteiger partial charge in [0.05, 0.1) is 57.9 Å². The van der Waals surface area contributed by atoms with Gasteiger partial charge in [-0.05, 0) is 30.5 Å². The van der Waals surface area contributed by atoms with Gasteiger partial charge < -0.3 is 33.7 Å². The van der Waals surface area contributed by atoms with Crippen molar-refractivity contribution in [2.24, 2.45) is 5.73 Å². The van der Waals surface area contributed by atoms with Gasteiger partial charge in [-0.15, -0.1) is 0 Å².